The predicted molar refractivity (Wildman–Crippen MR) is 70.9 cm³/mol. The van der Waals surface area contributed by atoms with E-state index < -0.39 is 6.10 Å². The number of Topliss-reactive ketones (excluding diaryl/α,β-unsaturated/α-hetero) is 1. The standard InChI is InChI=1S/C15H26O2/c1-2-3-4-5-9-12-14(16)15(17)13-10-7-6-8-11-13/h2,13,15,17H,1,3-12H2. The van der Waals surface area contributed by atoms with Crippen LogP contribution in [0, 0.1) is 5.92 Å². The molecule has 1 fully saturated rings. The Kier molecular flexibility index (Phi) is 7.18. The molecular formula is C15H26O2. The molecule has 98 valence electrons. The Bertz CT molecular complexity index is 229. The molecule has 17 heavy (non-hydrogen) atoms. The summed E-state index contributed by atoms with van der Waals surface area (Å²) in [5.74, 6) is 0.305. The highest BCUT2D eigenvalue weighted by atomic mass is 16.3. The van der Waals surface area contributed by atoms with Crippen molar-refractivity contribution in [3.05, 3.63) is 12.7 Å². The van der Waals surface area contributed by atoms with Gasteiger partial charge in [-0.2, -0.15) is 0 Å². The van der Waals surface area contributed by atoms with Gasteiger partial charge in [0.25, 0.3) is 0 Å². The van der Waals surface area contributed by atoms with Crippen molar-refractivity contribution < 1.29 is 9.90 Å². The van der Waals surface area contributed by atoms with E-state index in [2.05, 4.69) is 6.58 Å². The SMILES string of the molecule is C=CCCCCCC(=O)C(O)C1CCCCC1. The lowest BCUT2D eigenvalue weighted by Gasteiger charge is -2.25. The third-order valence-corrected chi connectivity index (χ3v) is 3.76. The van der Waals surface area contributed by atoms with Gasteiger partial charge in [0.2, 0.25) is 0 Å². The minimum atomic E-state index is -0.685. The van der Waals surface area contributed by atoms with E-state index in [4.69, 9.17) is 0 Å². The maximum absolute atomic E-state index is 11.8. The first kappa shape index (κ1) is 14.4. The summed E-state index contributed by atoms with van der Waals surface area (Å²) in [5.41, 5.74) is 0. The molecule has 0 heterocycles. The average molecular weight is 238 g/mol. The summed E-state index contributed by atoms with van der Waals surface area (Å²) in [7, 11) is 0. The number of carbonyl (C=O) groups is 1. The molecule has 2 heteroatoms. The highest BCUT2D eigenvalue weighted by molar-refractivity contribution is 5.83. The van der Waals surface area contributed by atoms with Gasteiger partial charge in [0, 0.05) is 6.42 Å². The van der Waals surface area contributed by atoms with Gasteiger partial charge < -0.3 is 5.11 Å². The van der Waals surface area contributed by atoms with Crippen molar-refractivity contribution in [3.63, 3.8) is 0 Å². The molecule has 0 aliphatic heterocycles. The fraction of sp³-hybridized carbons (Fsp3) is 0.800. The van der Waals surface area contributed by atoms with Crippen LogP contribution in [0.3, 0.4) is 0 Å². The number of rotatable bonds is 8. The van der Waals surface area contributed by atoms with Crippen LogP contribution < -0.4 is 0 Å². The van der Waals surface area contributed by atoms with Crippen LogP contribution in [0.4, 0.5) is 0 Å². The predicted octanol–water partition coefficient (Wildman–Crippen LogP) is 3.63. The van der Waals surface area contributed by atoms with E-state index in [-0.39, 0.29) is 11.7 Å². The second-order valence-corrected chi connectivity index (χ2v) is 5.20. The molecule has 1 rings (SSSR count). The lowest BCUT2D eigenvalue weighted by atomic mass is 9.83. The third-order valence-electron chi connectivity index (χ3n) is 3.76. The van der Waals surface area contributed by atoms with Crippen molar-refractivity contribution in [1.82, 2.24) is 0 Å². The molecule has 1 unspecified atom stereocenters. The van der Waals surface area contributed by atoms with Crippen molar-refractivity contribution in [2.24, 2.45) is 5.92 Å². The molecule has 0 aromatic carbocycles. The average Bonchev–Trinajstić information content (AvgIpc) is 2.38. The Morgan fingerprint density at radius 2 is 1.94 bits per heavy atom. The number of allylic oxidation sites excluding steroid dienone is 1. The summed E-state index contributed by atoms with van der Waals surface area (Å²) in [5, 5.41) is 9.98. The topological polar surface area (TPSA) is 37.3 Å². The Morgan fingerprint density at radius 1 is 1.24 bits per heavy atom. The van der Waals surface area contributed by atoms with Gasteiger partial charge in [-0.3, -0.25) is 4.79 Å². The van der Waals surface area contributed by atoms with E-state index in [1.807, 2.05) is 6.08 Å². The minimum Gasteiger partial charge on any atom is -0.385 e. The number of hydrogen-bond donors (Lipinski definition) is 1. The van der Waals surface area contributed by atoms with Gasteiger partial charge in [0.05, 0.1) is 0 Å². The molecule has 1 aliphatic carbocycles. The number of unbranched alkanes of at least 4 members (excludes halogenated alkanes) is 3. The van der Waals surface area contributed by atoms with Crippen molar-refractivity contribution in [3.8, 4) is 0 Å². The zero-order valence-electron chi connectivity index (χ0n) is 10.9. The molecule has 0 spiro atoms. The molecule has 1 N–H and O–H groups in total. The molecular weight excluding hydrogens is 212 g/mol. The van der Waals surface area contributed by atoms with Crippen LogP contribution >= 0.6 is 0 Å². The zero-order chi connectivity index (χ0) is 12.5. The van der Waals surface area contributed by atoms with E-state index in [1.54, 1.807) is 0 Å². The number of carbonyl (C=O) groups excluding carboxylic acids is 1. The fourth-order valence-corrected chi connectivity index (χ4v) is 2.63. The Balaban J connectivity index is 2.14. The molecule has 0 radical (unpaired) electrons. The molecule has 0 saturated heterocycles. The first-order valence-corrected chi connectivity index (χ1v) is 7.07. The maximum atomic E-state index is 11.8. The second-order valence-electron chi connectivity index (χ2n) is 5.20. The van der Waals surface area contributed by atoms with Crippen LogP contribution in [0.1, 0.15) is 64.2 Å². The normalized spacial score (nSPS) is 18.9. The first-order valence-electron chi connectivity index (χ1n) is 7.07. The van der Waals surface area contributed by atoms with Gasteiger partial charge in [0.1, 0.15) is 6.10 Å². The van der Waals surface area contributed by atoms with Crippen molar-refractivity contribution in [2.75, 3.05) is 0 Å². The van der Waals surface area contributed by atoms with E-state index in [1.165, 1.54) is 19.3 Å². The van der Waals surface area contributed by atoms with Crippen LogP contribution in [-0.4, -0.2) is 17.0 Å². The van der Waals surface area contributed by atoms with Crippen LogP contribution in [-0.2, 0) is 4.79 Å². The summed E-state index contributed by atoms with van der Waals surface area (Å²) in [4.78, 5) is 11.8. The molecule has 0 aromatic heterocycles. The van der Waals surface area contributed by atoms with Gasteiger partial charge in [-0.05, 0) is 38.0 Å². The monoisotopic (exact) mass is 238 g/mol. The Hall–Kier alpha value is -0.630. The van der Waals surface area contributed by atoms with E-state index >= 15 is 0 Å². The summed E-state index contributed by atoms with van der Waals surface area (Å²) in [6.07, 6.45) is 11.6. The molecule has 0 bridgehead atoms. The second kappa shape index (κ2) is 8.46. The Labute approximate surface area is 105 Å². The largest absolute Gasteiger partial charge is 0.385 e. The van der Waals surface area contributed by atoms with Crippen LogP contribution in [0.2, 0.25) is 0 Å². The fourth-order valence-electron chi connectivity index (χ4n) is 2.63. The Morgan fingerprint density at radius 3 is 2.59 bits per heavy atom. The van der Waals surface area contributed by atoms with Gasteiger partial charge in [-0.25, -0.2) is 0 Å². The minimum absolute atomic E-state index is 0.0653. The van der Waals surface area contributed by atoms with Gasteiger partial charge in [-0.1, -0.05) is 31.8 Å². The van der Waals surface area contributed by atoms with E-state index in [9.17, 15) is 9.90 Å². The smallest absolute Gasteiger partial charge is 0.161 e. The van der Waals surface area contributed by atoms with Gasteiger partial charge >= 0.3 is 0 Å². The van der Waals surface area contributed by atoms with E-state index in [0.717, 1.165) is 38.5 Å². The number of aliphatic hydroxyl groups is 1. The molecule has 0 amide bonds. The highest BCUT2D eigenvalue weighted by Gasteiger charge is 2.26. The molecule has 1 atom stereocenters. The maximum Gasteiger partial charge on any atom is 0.161 e. The first-order chi connectivity index (χ1) is 8.25. The molecule has 2 nitrogen and oxygen atoms in total. The van der Waals surface area contributed by atoms with Crippen molar-refractivity contribution >= 4 is 5.78 Å². The number of ketones is 1. The van der Waals surface area contributed by atoms with Crippen LogP contribution in [0.15, 0.2) is 12.7 Å². The highest BCUT2D eigenvalue weighted by Crippen LogP contribution is 2.27. The van der Waals surface area contributed by atoms with Gasteiger partial charge in [-0.15, -0.1) is 6.58 Å². The summed E-state index contributed by atoms with van der Waals surface area (Å²) in [6, 6.07) is 0. The third kappa shape index (κ3) is 5.49. The zero-order valence-corrected chi connectivity index (χ0v) is 10.9. The molecule has 1 saturated carbocycles. The quantitative estimate of drug-likeness (QED) is 0.518. The van der Waals surface area contributed by atoms with Crippen molar-refractivity contribution in [1.29, 1.82) is 0 Å². The number of hydrogen-bond acceptors (Lipinski definition) is 2. The summed E-state index contributed by atoms with van der Waals surface area (Å²) >= 11 is 0. The van der Waals surface area contributed by atoms with Crippen molar-refractivity contribution in [2.45, 2.75) is 70.3 Å². The number of aliphatic hydroxyl groups excluding tert-OH is 1. The lowest BCUT2D eigenvalue weighted by molar-refractivity contribution is -0.130. The van der Waals surface area contributed by atoms with Gasteiger partial charge in [0.15, 0.2) is 5.78 Å². The van der Waals surface area contributed by atoms with E-state index in [0.29, 0.717) is 6.42 Å². The lowest BCUT2D eigenvalue weighted by Crippen LogP contribution is -2.30. The molecule has 1 aliphatic rings. The van der Waals surface area contributed by atoms with Crippen LogP contribution in [0.25, 0.3) is 0 Å². The summed E-state index contributed by atoms with van der Waals surface area (Å²) in [6.45, 7) is 3.68. The summed E-state index contributed by atoms with van der Waals surface area (Å²) < 4.78 is 0. The van der Waals surface area contributed by atoms with Crippen LogP contribution in [0.5, 0.6) is 0 Å². The molecule has 0 aromatic rings.